The van der Waals surface area contributed by atoms with Crippen LogP contribution in [0.2, 0.25) is 0 Å². The van der Waals surface area contributed by atoms with Gasteiger partial charge in [0.15, 0.2) is 17.3 Å². The van der Waals surface area contributed by atoms with Crippen molar-refractivity contribution >= 4 is 37.7 Å². The van der Waals surface area contributed by atoms with E-state index < -0.39 is 10.0 Å². The zero-order valence-corrected chi connectivity index (χ0v) is 18.1. The Morgan fingerprint density at radius 2 is 1.97 bits per heavy atom. The molecule has 11 heteroatoms. The van der Waals surface area contributed by atoms with Gasteiger partial charge in [0, 0.05) is 23.9 Å². The van der Waals surface area contributed by atoms with Crippen molar-refractivity contribution in [3.05, 3.63) is 46.8 Å². The molecule has 4 rings (SSSR count). The van der Waals surface area contributed by atoms with E-state index in [1.807, 2.05) is 23.6 Å². The van der Waals surface area contributed by atoms with E-state index in [4.69, 9.17) is 9.47 Å². The lowest BCUT2D eigenvalue weighted by atomic mass is 10.2. The van der Waals surface area contributed by atoms with Gasteiger partial charge in [-0.1, -0.05) is 6.07 Å². The van der Waals surface area contributed by atoms with Crippen molar-refractivity contribution in [1.29, 1.82) is 0 Å². The first-order valence-electron chi connectivity index (χ1n) is 8.60. The molecule has 0 spiro atoms. The Morgan fingerprint density at radius 1 is 1.14 bits per heavy atom. The number of thiophene rings is 1. The number of hydrogen-bond acceptors (Lipinski definition) is 8. The monoisotopic (exact) mass is 450 g/mol. The van der Waals surface area contributed by atoms with Crippen molar-refractivity contribution in [1.82, 2.24) is 19.3 Å². The van der Waals surface area contributed by atoms with Crippen LogP contribution in [0.3, 0.4) is 0 Å². The Kier molecular flexibility index (Phi) is 5.54. The van der Waals surface area contributed by atoms with Crippen LogP contribution in [-0.2, 0) is 16.4 Å². The molecule has 0 fully saturated rings. The van der Waals surface area contributed by atoms with Crippen molar-refractivity contribution in [3.8, 4) is 22.9 Å². The van der Waals surface area contributed by atoms with Gasteiger partial charge >= 0.3 is 0 Å². The van der Waals surface area contributed by atoms with Gasteiger partial charge < -0.3 is 9.47 Å². The molecule has 3 heterocycles. The molecule has 152 valence electrons. The van der Waals surface area contributed by atoms with E-state index in [1.54, 1.807) is 36.2 Å². The zero-order valence-electron chi connectivity index (χ0n) is 15.7. The van der Waals surface area contributed by atoms with Gasteiger partial charge in [0.2, 0.25) is 15.0 Å². The number of nitrogens with one attached hydrogen (secondary N) is 1. The lowest BCUT2D eigenvalue weighted by Gasteiger charge is -2.07. The Labute approximate surface area is 175 Å². The van der Waals surface area contributed by atoms with E-state index in [-0.39, 0.29) is 6.54 Å². The lowest BCUT2D eigenvalue weighted by molar-refractivity contribution is 0.355. The van der Waals surface area contributed by atoms with Gasteiger partial charge in [-0.15, -0.1) is 27.8 Å². The number of benzene rings is 1. The van der Waals surface area contributed by atoms with E-state index in [2.05, 4.69) is 14.8 Å². The quantitative estimate of drug-likeness (QED) is 0.443. The highest BCUT2D eigenvalue weighted by Crippen LogP contribution is 2.31. The second-order valence-electron chi connectivity index (χ2n) is 6.01. The van der Waals surface area contributed by atoms with Gasteiger partial charge in [0.1, 0.15) is 4.21 Å². The topological polar surface area (TPSA) is 94.8 Å². The van der Waals surface area contributed by atoms with Gasteiger partial charge in [-0.05, 0) is 29.6 Å². The Hall–Kier alpha value is -2.47. The van der Waals surface area contributed by atoms with E-state index in [0.717, 1.165) is 16.2 Å². The number of fused-ring (bicyclic) bond motifs is 1. The standard InChI is InChI=1S/C18H18N4O4S3/c1-25-14-6-5-12(10-15(14)26-2)17-20-18-22(21-17)13(11-28-18)7-8-19-29(23,24)16-4-3-9-27-16/h3-6,9-11,19H,7-8H2,1-2H3. The molecule has 0 aliphatic heterocycles. The van der Waals surface area contributed by atoms with Crippen LogP contribution in [0, 0.1) is 0 Å². The van der Waals surface area contributed by atoms with Crippen molar-refractivity contribution in [2.24, 2.45) is 0 Å². The second kappa shape index (κ2) is 8.11. The molecule has 4 aromatic rings. The van der Waals surface area contributed by atoms with Gasteiger partial charge in [-0.3, -0.25) is 0 Å². The van der Waals surface area contributed by atoms with Crippen LogP contribution in [0.15, 0.2) is 45.3 Å². The summed E-state index contributed by atoms with van der Waals surface area (Å²) in [6, 6.07) is 8.81. The van der Waals surface area contributed by atoms with Gasteiger partial charge in [0.05, 0.1) is 19.9 Å². The predicted molar refractivity (Wildman–Crippen MR) is 113 cm³/mol. The minimum Gasteiger partial charge on any atom is -0.493 e. The smallest absolute Gasteiger partial charge is 0.250 e. The molecule has 0 unspecified atom stereocenters. The molecule has 0 aliphatic rings. The van der Waals surface area contributed by atoms with Crippen LogP contribution in [0.4, 0.5) is 0 Å². The minimum absolute atomic E-state index is 0.275. The number of hydrogen-bond donors (Lipinski definition) is 1. The van der Waals surface area contributed by atoms with Crippen LogP contribution >= 0.6 is 22.7 Å². The first-order valence-corrected chi connectivity index (χ1v) is 11.8. The number of nitrogens with zero attached hydrogens (tertiary/aromatic N) is 3. The van der Waals surface area contributed by atoms with Gasteiger partial charge in [0.25, 0.3) is 0 Å². The van der Waals surface area contributed by atoms with Crippen molar-refractivity contribution in [3.63, 3.8) is 0 Å². The van der Waals surface area contributed by atoms with Crippen molar-refractivity contribution in [2.45, 2.75) is 10.6 Å². The number of sulfonamides is 1. The van der Waals surface area contributed by atoms with E-state index in [1.165, 1.54) is 22.7 Å². The van der Waals surface area contributed by atoms with Crippen LogP contribution in [0.1, 0.15) is 5.69 Å². The molecule has 0 radical (unpaired) electrons. The summed E-state index contributed by atoms with van der Waals surface area (Å²) in [5.41, 5.74) is 1.70. The fourth-order valence-electron chi connectivity index (χ4n) is 2.80. The van der Waals surface area contributed by atoms with Crippen molar-refractivity contribution in [2.75, 3.05) is 20.8 Å². The molecular weight excluding hydrogens is 432 g/mol. The summed E-state index contributed by atoms with van der Waals surface area (Å²) in [7, 11) is -0.311. The molecule has 3 aromatic heterocycles. The number of aromatic nitrogens is 3. The minimum atomic E-state index is -3.47. The number of rotatable bonds is 8. The van der Waals surface area contributed by atoms with E-state index in [9.17, 15) is 8.42 Å². The first kappa shape index (κ1) is 19.8. The fourth-order valence-corrected chi connectivity index (χ4v) is 5.72. The first-order chi connectivity index (χ1) is 14.0. The maximum Gasteiger partial charge on any atom is 0.250 e. The average molecular weight is 451 g/mol. The zero-order chi connectivity index (χ0) is 20.4. The maximum atomic E-state index is 12.2. The molecule has 0 aliphatic carbocycles. The summed E-state index contributed by atoms with van der Waals surface area (Å²) in [6.07, 6.45) is 0.499. The van der Waals surface area contributed by atoms with Crippen molar-refractivity contribution < 1.29 is 17.9 Å². The number of thiazole rings is 1. The normalized spacial score (nSPS) is 11.8. The Morgan fingerprint density at radius 3 is 2.69 bits per heavy atom. The fraction of sp³-hybridized carbons (Fsp3) is 0.222. The summed E-state index contributed by atoms with van der Waals surface area (Å²) >= 11 is 2.65. The summed E-state index contributed by atoms with van der Waals surface area (Å²) in [5, 5.41) is 8.26. The summed E-state index contributed by atoms with van der Waals surface area (Å²) in [4.78, 5) is 5.31. The van der Waals surface area contributed by atoms with E-state index >= 15 is 0 Å². The Bertz CT molecular complexity index is 1230. The molecule has 8 nitrogen and oxygen atoms in total. The third-order valence-electron chi connectivity index (χ3n) is 4.22. The van der Waals surface area contributed by atoms with Gasteiger partial charge in [-0.25, -0.2) is 17.7 Å². The van der Waals surface area contributed by atoms with Crippen LogP contribution < -0.4 is 14.2 Å². The third kappa shape index (κ3) is 3.99. The van der Waals surface area contributed by atoms with Crippen LogP contribution in [0.5, 0.6) is 11.5 Å². The molecule has 0 saturated carbocycles. The second-order valence-corrected chi connectivity index (χ2v) is 9.78. The highest BCUT2D eigenvalue weighted by molar-refractivity contribution is 7.91. The van der Waals surface area contributed by atoms with Gasteiger partial charge in [-0.2, -0.15) is 4.98 Å². The number of methoxy groups -OCH3 is 2. The third-order valence-corrected chi connectivity index (χ3v) is 7.95. The summed E-state index contributed by atoms with van der Waals surface area (Å²) < 4.78 is 39.8. The molecule has 1 aromatic carbocycles. The predicted octanol–water partition coefficient (Wildman–Crippen LogP) is 3.06. The van der Waals surface area contributed by atoms with Crippen LogP contribution in [0.25, 0.3) is 16.3 Å². The largest absolute Gasteiger partial charge is 0.493 e. The Balaban J connectivity index is 1.52. The lowest BCUT2D eigenvalue weighted by Crippen LogP contribution is -2.25. The average Bonchev–Trinajstić information content (AvgIpc) is 3.46. The molecule has 1 N–H and O–H groups in total. The molecule has 0 atom stereocenters. The maximum absolute atomic E-state index is 12.2. The highest BCUT2D eigenvalue weighted by atomic mass is 32.2. The molecule has 0 saturated heterocycles. The van der Waals surface area contributed by atoms with Crippen LogP contribution in [-0.4, -0.2) is 43.8 Å². The molecular formula is C18H18N4O4S3. The molecule has 0 bridgehead atoms. The number of ether oxygens (including phenoxy) is 2. The highest BCUT2D eigenvalue weighted by Gasteiger charge is 2.16. The summed E-state index contributed by atoms with van der Waals surface area (Å²) in [5.74, 6) is 1.81. The SMILES string of the molecule is COc1ccc(-c2nc3scc(CCNS(=O)(=O)c4cccs4)n3n2)cc1OC. The molecule has 29 heavy (non-hydrogen) atoms. The summed E-state index contributed by atoms with van der Waals surface area (Å²) in [6.45, 7) is 0.275. The van der Waals surface area contributed by atoms with E-state index in [0.29, 0.717) is 28.0 Å². The molecule has 0 amide bonds.